The fraction of sp³-hybridized carbons (Fsp3) is 0.0714. The molecule has 2 nitrogen and oxygen atoms in total. The van der Waals surface area contributed by atoms with E-state index in [0.29, 0.717) is 11.5 Å². The van der Waals surface area contributed by atoms with Gasteiger partial charge in [0.2, 0.25) is 5.88 Å². The summed E-state index contributed by atoms with van der Waals surface area (Å²) in [5.41, 5.74) is -0.744. The van der Waals surface area contributed by atoms with Crippen molar-refractivity contribution < 1.29 is 18.3 Å². The number of aromatic nitrogens is 1. The predicted octanol–water partition coefficient (Wildman–Crippen LogP) is 4.11. The first-order chi connectivity index (χ1) is 8.95. The van der Waals surface area contributed by atoms with Crippen LogP contribution in [0, 0.1) is 0 Å². The van der Waals surface area contributed by atoms with Crippen LogP contribution in [-0.2, 0) is 6.18 Å². The van der Waals surface area contributed by atoms with E-state index < -0.39 is 17.6 Å². The van der Waals surface area contributed by atoms with Crippen molar-refractivity contribution in [2.75, 3.05) is 0 Å². The molecule has 0 aliphatic rings. The van der Waals surface area contributed by atoms with Crippen LogP contribution in [0.4, 0.5) is 13.2 Å². The molecule has 0 atom stereocenters. The van der Waals surface area contributed by atoms with Crippen LogP contribution >= 0.6 is 0 Å². The summed E-state index contributed by atoms with van der Waals surface area (Å²) in [4.78, 5) is 3.76. The van der Waals surface area contributed by atoms with Gasteiger partial charge in [0, 0.05) is 11.5 Å². The molecule has 0 spiro atoms. The highest BCUT2D eigenvalue weighted by Gasteiger charge is 2.33. The summed E-state index contributed by atoms with van der Waals surface area (Å²) in [6, 6.07) is 10.7. The lowest BCUT2D eigenvalue weighted by Crippen LogP contribution is -2.06. The highest BCUT2D eigenvalue weighted by Crippen LogP contribution is 2.37. The number of fused-ring (bicyclic) bond motifs is 2. The third-order valence-electron chi connectivity index (χ3n) is 2.97. The summed E-state index contributed by atoms with van der Waals surface area (Å²) in [5.74, 6) is -0.630. The molecule has 0 bridgehead atoms. The molecule has 1 heterocycles. The number of hydrogen-bond acceptors (Lipinski definition) is 2. The molecule has 0 saturated carbocycles. The van der Waals surface area contributed by atoms with Gasteiger partial charge in [-0.25, -0.2) is 4.98 Å². The summed E-state index contributed by atoms with van der Waals surface area (Å²) in [7, 11) is 0. The molecule has 0 aliphatic heterocycles. The van der Waals surface area contributed by atoms with Gasteiger partial charge in [0.15, 0.2) is 0 Å². The largest absolute Gasteiger partial charge is 0.493 e. The van der Waals surface area contributed by atoms with E-state index in [4.69, 9.17) is 0 Å². The average Bonchev–Trinajstić information content (AvgIpc) is 2.34. The molecule has 5 heteroatoms. The molecular formula is C14H8F3NO. The second-order valence-corrected chi connectivity index (χ2v) is 4.24. The van der Waals surface area contributed by atoms with E-state index in [1.54, 1.807) is 30.3 Å². The van der Waals surface area contributed by atoms with Gasteiger partial charge >= 0.3 is 6.18 Å². The first kappa shape index (κ1) is 11.8. The summed E-state index contributed by atoms with van der Waals surface area (Å²) >= 11 is 0. The summed E-state index contributed by atoms with van der Waals surface area (Å²) < 4.78 is 38.9. The van der Waals surface area contributed by atoms with Gasteiger partial charge in [-0.2, -0.15) is 13.2 Å². The quantitative estimate of drug-likeness (QED) is 0.619. The monoisotopic (exact) mass is 263 g/mol. The SMILES string of the molecule is Oc1cc(C(F)(F)F)c2cc3ccccc3cc2n1. The minimum atomic E-state index is -4.53. The highest BCUT2D eigenvalue weighted by molar-refractivity contribution is 5.98. The molecule has 19 heavy (non-hydrogen) atoms. The van der Waals surface area contributed by atoms with Gasteiger partial charge in [0.05, 0.1) is 11.1 Å². The minimum Gasteiger partial charge on any atom is -0.493 e. The standard InChI is InChI=1S/C14H8F3NO/c15-14(16,17)11-7-13(19)18-12-6-9-4-2-1-3-8(9)5-10(11)12/h1-7H,(H,18,19). The molecule has 3 rings (SSSR count). The number of rotatable bonds is 0. The van der Waals surface area contributed by atoms with Gasteiger partial charge in [-0.1, -0.05) is 24.3 Å². The normalized spacial score (nSPS) is 12.2. The molecule has 0 aliphatic carbocycles. The Hall–Kier alpha value is -2.30. The van der Waals surface area contributed by atoms with E-state index in [1.807, 2.05) is 0 Å². The van der Waals surface area contributed by atoms with Crippen LogP contribution in [0.15, 0.2) is 42.5 Å². The summed E-state index contributed by atoms with van der Waals surface area (Å²) in [6.07, 6.45) is -4.53. The topological polar surface area (TPSA) is 33.1 Å². The van der Waals surface area contributed by atoms with E-state index in [9.17, 15) is 18.3 Å². The van der Waals surface area contributed by atoms with Gasteiger partial charge in [0.25, 0.3) is 0 Å². The van der Waals surface area contributed by atoms with Crippen molar-refractivity contribution >= 4 is 21.7 Å². The lowest BCUT2D eigenvalue weighted by atomic mass is 10.0. The van der Waals surface area contributed by atoms with Crippen LogP contribution in [0.3, 0.4) is 0 Å². The van der Waals surface area contributed by atoms with Gasteiger partial charge in [-0.05, 0) is 22.9 Å². The van der Waals surface area contributed by atoms with E-state index >= 15 is 0 Å². The fourth-order valence-electron chi connectivity index (χ4n) is 2.13. The number of aromatic hydroxyl groups is 1. The van der Waals surface area contributed by atoms with Gasteiger partial charge in [0.1, 0.15) is 0 Å². The van der Waals surface area contributed by atoms with E-state index in [1.165, 1.54) is 6.07 Å². The summed E-state index contributed by atoms with van der Waals surface area (Å²) in [6.45, 7) is 0. The Morgan fingerprint density at radius 3 is 2.21 bits per heavy atom. The Bertz CT molecular complexity index is 781. The van der Waals surface area contributed by atoms with Gasteiger partial charge < -0.3 is 5.11 Å². The number of alkyl halides is 3. The molecule has 0 radical (unpaired) electrons. The minimum absolute atomic E-state index is 0.0102. The average molecular weight is 263 g/mol. The number of halogens is 3. The van der Waals surface area contributed by atoms with Crippen LogP contribution < -0.4 is 0 Å². The second kappa shape index (κ2) is 3.85. The zero-order valence-electron chi connectivity index (χ0n) is 9.57. The molecule has 2 aromatic carbocycles. The van der Waals surface area contributed by atoms with Crippen LogP contribution in [0.5, 0.6) is 5.88 Å². The Balaban J connectivity index is 2.46. The maximum absolute atomic E-state index is 13.0. The first-order valence-electron chi connectivity index (χ1n) is 5.55. The van der Waals surface area contributed by atoms with Gasteiger partial charge in [-0.15, -0.1) is 0 Å². The predicted molar refractivity (Wildman–Crippen MR) is 65.9 cm³/mol. The lowest BCUT2D eigenvalue weighted by Gasteiger charge is -2.11. The van der Waals surface area contributed by atoms with Crippen LogP contribution in [0.1, 0.15) is 5.56 Å². The summed E-state index contributed by atoms with van der Waals surface area (Å²) in [5, 5.41) is 10.8. The molecule has 0 amide bonds. The Kier molecular flexibility index (Phi) is 2.38. The number of benzene rings is 2. The molecule has 96 valence electrons. The van der Waals surface area contributed by atoms with Crippen molar-refractivity contribution in [2.24, 2.45) is 0 Å². The Morgan fingerprint density at radius 1 is 0.947 bits per heavy atom. The molecule has 0 unspecified atom stereocenters. The van der Waals surface area contributed by atoms with Crippen LogP contribution in [0.25, 0.3) is 21.7 Å². The molecule has 1 N–H and O–H groups in total. The van der Waals surface area contributed by atoms with Crippen LogP contribution in [0.2, 0.25) is 0 Å². The van der Waals surface area contributed by atoms with Crippen molar-refractivity contribution in [1.29, 1.82) is 0 Å². The lowest BCUT2D eigenvalue weighted by molar-refractivity contribution is -0.136. The zero-order chi connectivity index (χ0) is 13.6. The van der Waals surface area contributed by atoms with Crippen molar-refractivity contribution in [3.05, 3.63) is 48.0 Å². The molecular weight excluding hydrogens is 255 g/mol. The van der Waals surface area contributed by atoms with Crippen molar-refractivity contribution in [3.8, 4) is 5.88 Å². The molecule has 3 aromatic rings. The van der Waals surface area contributed by atoms with Crippen molar-refractivity contribution in [1.82, 2.24) is 4.98 Å². The zero-order valence-corrected chi connectivity index (χ0v) is 9.57. The number of nitrogens with zero attached hydrogens (tertiary/aromatic N) is 1. The maximum Gasteiger partial charge on any atom is 0.417 e. The fourth-order valence-corrected chi connectivity index (χ4v) is 2.13. The molecule has 1 aromatic heterocycles. The second-order valence-electron chi connectivity index (χ2n) is 4.24. The third-order valence-corrected chi connectivity index (χ3v) is 2.97. The smallest absolute Gasteiger partial charge is 0.417 e. The Labute approximate surface area is 106 Å². The first-order valence-corrected chi connectivity index (χ1v) is 5.55. The highest BCUT2D eigenvalue weighted by atomic mass is 19.4. The van der Waals surface area contributed by atoms with E-state index in [-0.39, 0.29) is 10.9 Å². The van der Waals surface area contributed by atoms with E-state index in [2.05, 4.69) is 4.98 Å². The maximum atomic E-state index is 13.0. The van der Waals surface area contributed by atoms with E-state index in [0.717, 1.165) is 5.39 Å². The van der Waals surface area contributed by atoms with Gasteiger partial charge in [-0.3, -0.25) is 0 Å². The number of pyridine rings is 1. The third kappa shape index (κ3) is 1.97. The Morgan fingerprint density at radius 2 is 1.58 bits per heavy atom. The van der Waals surface area contributed by atoms with Crippen molar-refractivity contribution in [3.63, 3.8) is 0 Å². The number of hydrogen-bond donors (Lipinski definition) is 1. The molecule has 0 fully saturated rings. The van der Waals surface area contributed by atoms with Crippen LogP contribution in [-0.4, -0.2) is 10.1 Å². The van der Waals surface area contributed by atoms with Crippen molar-refractivity contribution in [2.45, 2.75) is 6.18 Å². The molecule has 0 saturated heterocycles.